The Morgan fingerprint density at radius 2 is 1.79 bits per heavy atom. The monoisotopic (exact) mass is 336 g/mol. The number of carboxylic acids is 1. The first-order valence-electron chi connectivity index (χ1n) is 8.31. The minimum atomic E-state index is -0.721. The molecule has 1 aromatic carbocycles. The number of rotatable bonds is 6. The van der Waals surface area contributed by atoms with E-state index in [1.165, 1.54) is 12.1 Å². The van der Waals surface area contributed by atoms with Gasteiger partial charge in [-0.3, -0.25) is 14.5 Å². The molecule has 1 aliphatic carbocycles. The minimum Gasteiger partial charge on any atom is -0.481 e. The predicted molar refractivity (Wildman–Crippen MR) is 88.9 cm³/mol. The lowest BCUT2D eigenvalue weighted by Crippen LogP contribution is -2.40. The van der Waals surface area contributed by atoms with Crippen LogP contribution in [-0.4, -0.2) is 42.5 Å². The molecule has 5 nitrogen and oxygen atoms in total. The highest BCUT2D eigenvalue weighted by Gasteiger charge is 2.27. The molecule has 0 aromatic heterocycles. The zero-order valence-corrected chi connectivity index (χ0v) is 14.2. The van der Waals surface area contributed by atoms with Crippen LogP contribution in [0.2, 0.25) is 0 Å². The van der Waals surface area contributed by atoms with Gasteiger partial charge in [0.05, 0.1) is 5.92 Å². The fourth-order valence-corrected chi connectivity index (χ4v) is 3.28. The summed E-state index contributed by atoms with van der Waals surface area (Å²) in [6.07, 6.45) is 2.98. The van der Waals surface area contributed by atoms with Crippen molar-refractivity contribution in [2.75, 3.05) is 20.6 Å². The number of carbonyl (C=O) groups is 2. The van der Waals surface area contributed by atoms with Gasteiger partial charge < -0.3 is 10.4 Å². The predicted octanol–water partition coefficient (Wildman–Crippen LogP) is 2.44. The second-order valence-corrected chi connectivity index (χ2v) is 6.72. The first-order chi connectivity index (χ1) is 11.4. The van der Waals surface area contributed by atoms with Crippen LogP contribution in [0.25, 0.3) is 0 Å². The van der Waals surface area contributed by atoms with E-state index in [4.69, 9.17) is 5.11 Å². The molecule has 1 atom stereocenters. The molecular formula is C18H25FN2O3. The van der Waals surface area contributed by atoms with Gasteiger partial charge in [-0.15, -0.1) is 0 Å². The fraction of sp³-hybridized carbons (Fsp3) is 0.556. The third-order valence-electron chi connectivity index (χ3n) is 4.71. The zero-order chi connectivity index (χ0) is 17.7. The van der Waals surface area contributed by atoms with Crippen LogP contribution in [0.15, 0.2) is 24.3 Å². The summed E-state index contributed by atoms with van der Waals surface area (Å²) in [4.78, 5) is 25.3. The van der Waals surface area contributed by atoms with Crippen LogP contribution in [0.5, 0.6) is 0 Å². The number of hydrogen-bond donors (Lipinski definition) is 2. The van der Waals surface area contributed by atoms with Crippen molar-refractivity contribution in [1.82, 2.24) is 10.2 Å². The number of carboxylic acid groups (broad SMARTS) is 1. The average Bonchev–Trinajstić information content (AvgIpc) is 2.55. The second-order valence-electron chi connectivity index (χ2n) is 6.72. The molecule has 1 amide bonds. The lowest BCUT2D eigenvalue weighted by molar-refractivity contribution is -0.143. The van der Waals surface area contributed by atoms with Gasteiger partial charge in [-0.1, -0.05) is 12.1 Å². The third kappa shape index (κ3) is 4.77. The summed E-state index contributed by atoms with van der Waals surface area (Å²) in [5.41, 5.74) is 0.744. The van der Waals surface area contributed by atoms with Crippen LogP contribution in [0.1, 0.15) is 37.3 Å². The van der Waals surface area contributed by atoms with Crippen molar-refractivity contribution in [3.8, 4) is 0 Å². The SMILES string of the molecule is CN(C)C(C(=O)NCC1CCC(C(=O)O)CC1)c1ccc(F)cc1. The number of nitrogens with one attached hydrogen (secondary N) is 1. The van der Waals surface area contributed by atoms with Gasteiger partial charge in [0.1, 0.15) is 11.9 Å². The van der Waals surface area contributed by atoms with E-state index in [2.05, 4.69) is 5.32 Å². The Bertz CT molecular complexity index is 566. The smallest absolute Gasteiger partial charge is 0.306 e. The van der Waals surface area contributed by atoms with Crippen LogP contribution in [0, 0.1) is 17.7 Å². The molecule has 6 heteroatoms. The van der Waals surface area contributed by atoms with E-state index in [1.54, 1.807) is 17.0 Å². The van der Waals surface area contributed by atoms with E-state index in [1.807, 2.05) is 14.1 Å². The van der Waals surface area contributed by atoms with Crippen LogP contribution in [0.3, 0.4) is 0 Å². The second kappa shape index (κ2) is 8.24. The maximum absolute atomic E-state index is 13.1. The number of aliphatic carboxylic acids is 1. The van der Waals surface area contributed by atoms with Crippen molar-refractivity contribution in [1.29, 1.82) is 0 Å². The van der Waals surface area contributed by atoms with Gasteiger partial charge >= 0.3 is 5.97 Å². The molecule has 0 heterocycles. The minimum absolute atomic E-state index is 0.119. The molecule has 0 bridgehead atoms. The van der Waals surface area contributed by atoms with Gasteiger partial charge in [0.25, 0.3) is 0 Å². The molecule has 1 aromatic rings. The fourth-order valence-electron chi connectivity index (χ4n) is 3.28. The number of benzene rings is 1. The van der Waals surface area contributed by atoms with Gasteiger partial charge in [-0.2, -0.15) is 0 Å². The van der Waals surface area contributed by atoms with Crippen molar-refractivity contribution in [2.45, 2.75) is 31.7 Å². The molecule has 0 spiro atoms. The molecule has 0 aliphatic heterocycles. The van der Waals surface area contributed by atoms with E-state index < -0.39 is 12.0 Å². The van der Waals surface area contributed by atoms with Gasteiger partial charge in [0.2, 0.25) is 5.91 Å². The summed E-state index contributed by atoms with van der Waals surface area (Å²) in [5, 5.41) is 12.0. The Morgan fingerprint density at radius 3 is 2.29 bits per heavy atom. The number of halogens is 1. The van der Waals surface area contributed by atoms with Crippen LogP contribution >= 0.6 is 0 Å². The first kappa shape index (κ1) is 18.4. The number of amides is 1. The molecule has 2 rings (SSSR count). The van der Waals surface area contributed by atoms with Crippen molar-refractivity contribution >= 4 is 11.9 Å². The number of nitrogens with zero attached hydrogens (tertiary/aromatic N) is 1. The largest absolute Gasteiger partial charge is 0.481 e. The highest BCUT2D eigenvalue weighted by atomic mass is 19.1. The Kier molecular flexibility index (Phi) is 6.31. The molecule has 0 radical (unpaired) electrons. The lowest BCUT2D eigenvalue weighted by Gasteiger charge is -2.28. The molecule has 1 saturated carbocycles. The molecule has 0 saturated heterocycles. The quantitative estimate of drug-likeness (QED) is 0.837. The summed E-state index contributed by atoms with van der Waals surface area (Å²) in [6, 6.07) is 5.48. The van der Waals surface area contributed by atoms with E-state index >= 15 is 0 Å². The molecule has 1 aliphatic rings. The summed E-state index contributed by atoms with van der Waals surface area (Å²) in [7, 11) is 3.62. The van der Waals surface area contributed by atoms with E-state index in [0.29, 0.717) is 25.3 Å². The summed E-state index contributed by atoms with van der Waals surface area (Å²) < 4.78 is 13.1. The standard InChI is InChI=1S/C18H25FN2O3/c1-21(2)16(13-7-9-15(19)10-8-13)17(22)20-11-12-3-5-14(6-4-12)18(23)24/h7-10,12,14,16H,3-6,11H2,1-2H3,(H,20,22)(H,23,24). The van der Waals surface area contributed by atoms with E-state index in [9.17, 15) is 14.0 Å². The highest BCUT2D eigenvalue weighted by Crippen LogP contribution is 2.28. The van der Waals surface area contributed by atoms with Gasteiger partial charge in [0, 0.05) is 6.54 Å². The average molecular weight is 336 g/mol. The van der Waals surface area contributed by atoms with Crippen molar-refractivity contribution in [3.05, 3.63) is 35.6 Å². The lowest BCUT2D eigenvalue weighted by atomic mass is 9.82. The van der Waals surface area contributed by atoms with E-state index in [-0.39, 0.29) is 17.6 Å². The molecular weight excluding hydrogens is 311 g/mol. The summed E-state index contributed by atoms with van der Waals surface area (Å²) >= 11 is 0. The van der Waals surface area contributed by atoms with Crippen molar-refractivity contribution in [2.24, 2.45) is 11.8 Å². The molecule has 1 fully saturated rings. The Balaban J connectivity index is 1.90. The van der Waals surface area contributed by atoms with Crippen molar-refractivity contribution < 1.29 is 19.1 Å². The number of hydrogen-bond acceptors (Lipinski definition) is 3. The Labute approximate surface area is 141 Å². The summed E-state index contributed by atoms with van der Waals surface area (Å²) in [5.74, 6) is -1.09. The summed E-state index contributed by atoms with van der Waals surface area (Å²) in [6.45, 7) is 0.552. The third-order valence-corrected chi connectivity index (χ3v) is 4.71. The van der Waals surface area contributed by atoms with Crippen LogP contribution < -0.4 is 5.32 Å². The molecule has 132 valence electrons. The normalized spacial score (nSPS) is 22.2. The molecule has 2 N–H and O–H groups in total. The molecule has 1 unspecified atom stereocenters. The topological polar surface area (TPSA) is 69.6 Å². The maximum Gasteiger partial charge on any atom is 0.306 e. The van der Waals surface area contributed by atoms with Gasteiger partial charge in [-0.05, 0) is 63.4 Å². The van der Waals surface area contributed by atoms with Crippen LogP contribution in [-0.2, 0) is 9.59 Å². The zero-order valence-electron chi connectivity index (χ0n) is 14.2. The number of carbonyl (C=O) groups excluding carboxylic acids is 1. The highest BCUT2D eigenvalue weighted by molar-refractivity contribution is 5.83. The first-order valence-corrected chi connectivity index (χ1v) is 8.31. The molecule has 24 heavy (non-hydrogen) atoms. The maximum atomic E-state index is 13.1. The number of likely N-dealkylation sites (N-methyl/N-ethyl adjacent to an activating group) is 1. The van der Waals surface area contributed by atoms with Gasteiger partial charge in [-0.25, -0.2) is 4.39 Å². The van der Waals surface area contributed by atoms with Crippen LogP contribution in [0.4, 0.5) is 4.39 Å². The van der Waals surface area contributed by atoms with Crippen molar-refractivity contribution in [3.63, 3.8) is 0 Å². The Morgan fingerprint density at radius 1 is 1.21 bits per heavy atom. The Hall–Kier alpha value is -1.95. The van der Waals surface area contributed by atoms with Gasteiger partial charge in [0.15, 0.2) is 0 Å². The van der Waals surface area contributed by atoms with E-state index in [0.717, 1.165) is 18.4 Å².